The van der Waals surface area contributed by atoms with Gasteiger partial charge in [0, 0.05) is 30.6 Å². The molecule has 180 valence electrons. The van der Waals surface area contributed by atoms with E-state index in [1.54, 1.807) is 10.9 Å². The topological polar surface area (TPSA) is 101 Å². The first kappa shape index (κ1) is 22.1. The van der Waals surface area contributed by atoms with Crippen LogP contribution >= 0.6 is 0 Å². The van der Waals surface area contributed by atoms with Crippen LogP contribution < -0.4 is 11.3 Å². The second-order valence-corrected chi connectivity index (χ2v) is 9.90. The summed E-state index contributed by atoms with van der Waals surface area (Å²) in [5.74, 6) is 0. The lowest BCUT2D eigenvalue weighted by Crippen LogP contribution is -2.44. The number of ether oxygens (including phenoxy) is 1. The molecule has 4 heterocycles. The van der Waals surface area contributed by atoms with Crippen molar-refractivity contribution in [2.45, 2.75) is 57.7 Å². The molecule has 0 bridgehead atoms. The lowest BCUT2D eigenvalue weighted by molar-refractivity contribution is 0.0516. The number of nitrogens with zero attached hydrogens (tertiary/aromatic N) is 5. The van der Waals surface area contributed by atoms with Crippen LogP contribution in [0.15, 0.2) is 47.9 Å². The molecule has 6 rings (SSSR count). The van der Waals surface area contributed by atoms with Crippen LogP contribution in [0.3, 0.4) is 0 Å². The van der Waals surface area contributed by atoms with E-state index in [4.69, 9.17) is 15.5 Å². The molecular formula is C27H30N6O2. The zero-order valence-corrected chi connectivity index (χ0v) is 20.1. The molecule has 8 heteroatoms. The lowest BCUT2D eigenvalue weighted by Gasteiger charge is -2.30. The smallest absolute Gasteiger partial charge is 0.261 e. The van der Waals surface area contributed by atoms with Gasteiger partial charge < -0.3 is 10.5 Å². The van der Waals surface area contributed by atoms with E-state index in [1.807, 2.05) is 36.1 Å². The number of nitrogens with two attached hydrogens (primary N) is 1. The molecule has 0 unspecified atom stereocenters. The van der Waals surface area contributed by atoms with Crippen LogP contribution in [-0.2, 0) is 11.2 Å². The van der Waals surface area contributed by atoms with E-state index in [0.717, 1.165) is 39.0 Å². The average Bonchev–Trinajstić information content (AvgIpc) is 3.60. The van der Waals surface area contributed by atoms with E-state index < -0.39 is 0 Å². The van der Waals surface area contributed by atoms with Crippen LogP contribution in [0.25, 0.3) is 22.2 Å². The first-order valence-corrected chi connectivity index (χ1v) is 12.3. The van der Waals surface area contributed by atoms with Crippen LogP contribution in [0.1, 0.15) is 53.6 Å². The third-order valence-corrected chi connectivity index (χ3v) is 7.51. The van der Waals surface area contributed by atoms with Gasteiger partial charge in [-0.3, -0.25) is 19.0 Å². The van der Waals surface area contributed by atoms with Crippen molar-refractivity contribution in [3.8, 4) is 11.3 Å². The van der Waals surface area contributed by atoms with Gasteiger partial charge in [0.05, 0.1) is 47.8 Å². The second kappa shape index (κ2) is 8.70. The molecule has 2 aliphatic rings. The summed E-state index contributed by atoms with van der Waals surface area (Å²) in [5, 5.41) is 5.11. The lowest BCUT2D eigenvalue weighted by atomic mass is 9.95. The molecule has 0 amide bonds. The van der Waals surface area contributed by atoms with Gasteiger partial charge in [0.25, 0.3) is 5.56 Å². The van der Waals surface area contributed by atoms with Gasteiger partial charge in [0.1, 0.15) is 0 Å². The van der Waals surface area contributed by atoms with E-state index in [-0.39, 0.29) is 17.6 Å². The van der Waals surface area contributed by atoms with Gasteiger partial charge in [-0.15, -0.1) is 0 Å². The van der Waals surface area contributed by atoms with Gasteiger partial charge in [-0.05, 0) is 73.9 Å². The Balaban J connectivity index is 1.31. The predicted octanol–water partition coefficient (Wildman–Crippen LogP) is 3.49. The van der Waals surface area contributed by atoms with Gasteiger partial charge >= 0.3 is 0 Å². The van der Waals surface area contributed by atoms with E-state index in [0.29, 0.717) is 37.5 Å². The quantitative estimate of drug-likeness (QED) is 0.479. The van der Waals surface area contributed by atoms with Crippen molar-refractivity contribution in [2.75, 3.05) is 13.2 Å². The standard InChI is InChI=1S/C27H30N6O2/c1-16-17(2)26-22(27(34)32(15-30-26)25-7-8-35-14-23(25)28)10-19(16)9-18-3-6-24(29-11-18)20-12-31-33(13-20)21-4-5-21/h3,6,10-13,15,21,23,25H,4-5,7-9,14,28H2,1-2H3/t23-,25-/m0/s1. The second-order valence-electron chi connectivity index (χ2n) is 9.90. The first-order valence-electron chi connectivity index (χ1n) is 12.3. The largest absolute Gasteiger partial charge is 0.380 e. The Labute approximate surface area is 203 Å². The molecule has 0 radical (unpaired) electrons. The number of pyridine rings is 1. The molecular weight excluding hydrogens is 440 g/mol. The minimum Gasteiger partial charge on any atom is -0.380 e. The van der Waals surface area contributed by atoms with Crippen molar-refractivity contribution in [1.29, 1.82) is 0 Å². The number of benzene rings is 1. The Bertz CT molecular complexity index is 1450. The number of rotatable bonds is 5. The maximum Gasteiger partial charge on any atom is 0.261 e. The molecule has 4 aromatic rings. The molecule has 1 aliphatic heterocycles. The van der Waals surface area contributed by atoms with Crippen LogP contribution in [0.4, 0.5) is 0 Å². The Morgan fingerprint density at radius 1 is 1.11 bits per heavy atom. The Morgan fingerprint density at radius 3 is 2.71 bits per heavy atom. The zero-order chi connectivity index (χ0) is 24.1. The molecule has 2 fully saturated rings. The number of aryl methyl sites for hydroxylation is 1. The highest BCUT2D eigenvalue weighted by Crippen LogP contribution is 2.35. The highest BCUT2D eigenvalue weighted by atomic mass is 16.5. The predicted molar refractivity (Wildman–Crippen MR) is 134 cm³/mol. The maximum absolute atomic E-state index is 13.5. The Hall–Kier alpha value is -3.36. The monoisotopic (exact) mass is 470 g/mol. The molecule has 1 saturated heterocycles. The van der Waals surface area contributed by atoms with Gasteiger partial charge in [-0.2, -0.15) is 5.10 Å². The minimum absolute atomic E-state index is 0.0390. The molecule has 8 nitrogen and oxygen atoms in total. The van der Waals surface area contributed by atoms with E-state index in [1.165, 1.54) is 12.8 Å². The SMILES string of the molecule is Cc1c(Cc2ccc(-c3cnn(C4CC4)c3)nc2)cc2c(=O)n([C@H]3CCOC[C@@H]3N)cnc2c1C. The zero-order valence-electron chi connectivity index (χ0n) is 20.1. The third kappa shape index (κ3) is 4.06. The van der Waals surface area contributed by atoms with Crippen LogP contribution in [0, 0.1) is 13.8 Å². The fourth-order valence-electron chi connectivity index (χ4n) is 5.05. The highest BCUT2D eigenvalue weighted by Gasteiger charge is 2.26. The van der Waals surface area contributed by atoms with Gasteiger partial charge in [-0.25, -0.2) is 4.98 Å². The molecule has 1 saturated carbocycles. The number of fused-ring (bicyclic) bond motifs is 1. The van der Waals surface area contributed by atoms with E-state index in [2.05, 4.69) is 29.3 Å². The summed E-state index contributed by atoms with van der Waals surface area (Å²) in [6.07, 6.45) is 11.4. The van der Waals surface area contributed by atoms with Gasteiger partial charge in [-0.1, -0.05) is 6.07 Å². The van der Waals surface area contributed by atoms with Crippen molar-refractivity contribution in [2.24, 2.45) is 5.73 Å². The maximum atomic E-state index is 13.5. The van der Waals surface area contributed by atoms with Gasteiger partial charge in [0.15, 0.2) is 0 Å². The highest BCUT2D eigenvalue weighted by molar-refractivity contribution is 5.83. The molecule has 1 aromatic carbocycles. The third-order valence-electron chi connectivity index (χ3n) is 7.51. The fraction of sp³-hybridized carbons (Fsp3) is 0.407. The summed E-state index contributed by atoms with van der Waals surface area (Å²) in [4.78, 5) is 22.9. The van der Waals surface area contributed by atoms with Crippen molar-refractivity contribution in [3.05, 3.63) is 75.7 Å². The molecule has 35 heavy (non-hydrogen) atoms. The van der Waals surface area contributed by atoms with Gasteiger partial charge in [0.2, 0.25) is 0 Å². The summed E-state index contributed by atoms with van der Waals surface area (Å²) in [6, 6.07) is 6.41. The molecule has 0 spiro atoms. The van der Waals surface area contributed by atoms with E-state index >= 15 is 0 Å². The van der Waals surface area contributed by atoms with Crippen LogP contribution in [-0.4, -0.2) is 43.6 Å². The Kier molecular flexibility index (Phi) is 5.50. The summed E-state index contributed by atoms with van der Waals surface area (Å²) >= 11 is 0. The molecule has 2 N–H and O–H groups in total. The first-order chi connectivity index (χ1) is 17.0. The van der Waals surface area contributed by atoms with Crippen molar-refractivity contribution in [1.82, 2.24) is 24.3 Å². The van der Waals surface area contributed by atoms with Crippen molar-refractivity contribution in [3.63, 3.8) is 0 Å². The van der Waals surface area contributed by atoms with Crippen molar-refractivity contribution < 1.29 is 4.74 Å². The average molecular weight is 471 g/mol. The summed E-state index contributed by atoms with van der Waals surface area (Å²) in [5.41, 5.74) is 13.3. The number of aromatic nitrogens is 5. The van der Waals surface area contributed by atoms with E-state index in [9.17, 15) is 4.79 Å². The molecule has 3 aromatic heterocycles. The summed E-state index contributed by atoms with van der Waals surface area (Å²) in [6.45, 7) is 5.19. The van der Waals surface area contributed by atoms with Crippen LogP contribution in [0.2, 0.25) is 0 Å². The number of hydrogen-bond donors (Lipinski definition) is 1. The normalized spacial score (nSPS) is 20.4. The Morgan fingerprint density at radius 2 is 1.97 bits per heavy atom. The summed E-state index contributed by atoms with van der Waals surface area (Å²) < 4.78 is 9.20. The minimum atomic E-state index is -0.215. The summed E-state index contributed by atoms with van der Waals surface area (Å²) in [7, 11) is 0. The van der Waals surface area contributed by atoms with Crippen molar-refractivity contribution >= 4 is 10.9 Å². The number of hydrogen-bond acceptors (Lipinski definition) is 6. The molecule has 2 atom stereocenters. The molecule has 1 aliphatic carbocycles. The fourth-order valence-corrected chi connectivity index (χ4v) is 5.05. The van der Waals surface area contributed by atoms with Crippen LogP contribution in [0.5, 0.6) is 0 Å².